The SMILES string of the molecule is Cc1cc(=O)oc2c3c(ccc12)O/C(=C\c1cccc([N+](=O)[O-])c1)C3=O. The Hall–Kier alpha value is -3.74. The van der Waals surface area contributed by atoms with Gasteiger partial charge in [-0.1, -0.05) is 12.1 Å². The third-order valence-electron chi connectivity index (χ3n) is 4.13. The average molecular weight is 349 g/mol. The van der Waals surface area contributed by atoms with Crippen molar-refractivity contribution < 1.29 is 18.9 Å². The zero-order valence-corrected chi connectivity index (χ0v) is 13.5. The molecule has 0 radical (unpaired) electrons. The first kappa shape index (κ1) is 15.8. The van der Waals surface area contributed by atoms with Crippen LogP contribution in [0.4, 0.5) is 5.69 Å². The van der Waals surface area contributed by atoms with Gasteiger partial charge in [0.2, 0.25) is 5.78 Å². The summed E-state index contributed by atoms with van der Waals surface area (Å²) in [5.74, 6) is -0.143. The van der Waals surface area contributed by atoms with Crippen LogP contribution in [-0.4, -0.2) is 10.7 Å². The van der Waals surface area contributed by atoms with E-state index in [1.54, 1.807) is 25.1 Å². The summed E-state index contributed by atoms with van der Waals surface area (Å²) in [6.07, 6.45) is 1.43. The van der Waals surface area contributed by atoms with Crippen molar-refractivity contribution in [1.82, 2.24) is 0 Å². The average Bonchev–Trinajstić information content (AvgIpc) is 2.91. The van der Waals surface area contributed by atoms with E-state index in [-0.39, 0.29) is 28.3 Å². The van der Waals surface area contributed by atoms with Crippen molar-refractivity contribution in [2.24, 2.45) is 0 Å². The molecular weight excluding hydrogens is 338 g/mol. The number of rotatable bonds is 2. The molecular formula is C19H11NO6. The van der Waals surface area contributed by atoms with Gasteiger partial charge in [0, 0.05) is 23.6 Å². The summed E-state index contributed by atoms with van der Waals surface area (Å²) in [4.78, 5) is 34.8. The summed E-state index contributed by atoms with van der Waals surface area (Å²) in [5.41, 5.74) is 0.877. The van der Waals surface area contributed by atoms with Crippen LogP contribution in [0.2, 0.25) is 0 Å². The summed E-state index contributed by atoms with van der Waals surface area (Å²) >= 11 is 0. The Bertz CT molecular complexity index is 1190. The van der Waals surface area contributed by atoms with Crippen LogP contribution < -0.4 is 10.4 Å². The number of hydrogen-bond acceptors (Lipinski definition) is 6. The third kappa shape index (κ3) is 2.46. The van der Waals surface area contributed by atoms with Crippen molar-refractivity contribution in [2.45, 2.75) is 6.92 Å². The van der Waals surface area contributed by atoms with E-state index in [4.69, 9.17) is 9.15 Å². The van der Waals surface area contributed by atoms with Gasteiger partial charge in [-0.3, -0.25) is 14.9 Å². The smallest absolute Gasteiger partial charge is 0.336 e. The van der Waals surface area contributed by atoms with Gasteiger partial charge in [0.05, 0.1) is 4.92 Å². The third-order valence-corrected chi connectivity index (χ3v) is 4.13. The molecule has 1 aliphatic rings. The molecule has 0 amide bonds. The van der Waals surface area contributed by atoms with Gasteiger partial charge in [-0.2, -0.15) is 0 Å². The Morgan fingerprint density at radius 3 is 2.69 bits per heavy atom. The monoisotopic (exact) mass is 349 g/mol. The van der Waals surface area contributed by atoms with Gasteiger partial charge in [-0.05, 0) is 36.3 Å². The lowest BCUT2D eigenvalue weighted by Gasteiger charge is -2.02. The Morgan fingerprint density at radius 1 is 1.12 bits per heavy atom. The second kappa shape index (κ2) is 5.66. The van der Waals surface area contributed by atoms with Crippen molar-refractivity contribution in [3.63, 3.8) is 0 Å². The van der Waals surface area contributed by atoms with E-state index < -0.39 is 16.3 Å². The first-order valence-electron chi connectivity index (χ1n) is 7.70. The number of nitro benzene ring substituents is 1. The maximum atomic E-state index is 12.8. The first-order chi connectivity index (χ1) is 12.4. The fourth-order valence-corrected chi connectivity index (χ4v) is 2.93. The highest BCUT2D eigenvalue weighted by atomic mass is 16.6. The molecule has 1 aromatic heterocycles. The summed E-state index contributed by atoms with van der Waals surface area (Å²) in [7, 11) is 0. The number of ketones is 1. The molecule has 0 saturated heterocycles. The van der Waals surface area contributed by atoms with E-state index in [9.17, 15) is 19.7 Å². The van der Waals surface area contributed by atoms with Crippen LogP contribution >= 0.6 is 0 Å². The lowest BCUT2D eigenvalue weighted by molar-refractivity contribution is -0.384. The standard InChI is InChI=1S/C19H11NO6/c1-10-7-16(21)26-19-13(10)5-6-14-17(19)18(22)15(25-14)9-11-3-2-4-12(8-11)20(23)24/h2-9H,1H3/b15-9-. The molecule has 2 heterocycles. The molecule has 0 bridgehead atoms. The van der Waals surface area contributed by atoms with Crippen LogP contribution in [-0.2, 0) is 0 Å². The summed E-state index contributed by atoms with van der Waals surface area (Å²) in [6.45, 7) is 1.76. The molecule has 4 rings (SSSR count). The Kier molecular flexibility index (Phi) is 3.43. The number of aryl methyl sites for hydroxylation is 1. The van der Waals surface area contributed by atoms with E-state index in [0.29, 0.717) is 16.5 Å². The first-order valence-corrected chi connectivity index (χ1v) is 7.70. The van der Waals surface area contributed by atoms with E-state index >= 15 is 0 Å². The van der Waals surface area contributed by atoms with Crippen LogP contribution in [0.5, 0.6) is 5.75 Å². The molecule has 0 fully saturated rings. The number of Topliss-reactive ketones (excluding diaryl/α,β-unsaturated/α-hetero) is 1. The maximum Gasteiger partial charge on any atom is 0.336 e. The molecule has 0 atom stereocenters. The lowest BCUT2D eigenvalue weighted by atomic mass is 10.0. The van der Waals surface area contributed by atoms with E-state index in [1.165, 1.54) is 30.3 Å². The molecule has 0 aliphatic carbocycles. The van der Waals surface area contributed by atoms with E-state index in [2.05, 4.69) is 0 Å². The van der Waals surface area contributed by atoms with Gasteiger partial charge in [0.15, 0.2) is 11.3 Å². The Labute approximate surface area is 146 Å². The molecule has 0 unspecified atom stereocenters. The lowest BCUT2D eigenvalue weighted by Crippen LogP contribution is -2.02. The highest BCUT2D eigenvalue weighted by molar-refractivity contribution is 6.20. The molecule has 3 aromatic rings. The van der Waals surface area contributed by atoms with Crippen molar-refractivity contribution in [2.75, 3.05) is 0 Å². The minimum Gasteiger partial charge on any atom is -0.452 e. The molecule has 0 spiro atoms. The van der Waals surface area contributed by atoms with Crippen molar-refractivity contribution in [1.29, 1.82) is 0 Å². The number of hydrogen-bond donors (Lipinski definition) is 0. The molecule has 0 saturated carbocycles. The summed E-state index contributed by atoms with van der Waals surface area (Å²) in [6, 6.07) is 10.6. The van der Waals surface area contributed by atoms with Gasteiger partial charge in [-0.15, -0.1) is 0 Å². The predicted molar refractivity (Wildman–Crippen MR) is 93.3 cm³/mol. The molecule has 128 valence electrons. The minimum absolute atomic E-state index is 0.0113. The summed E-state index contributed by atoms with van der Waals surface area (Å²) in [5, 5.41) is 11.5. The van der Waals surface area contributed by atoms with Gasteiger partial charge in [0.25, 0.3) is 5.69 Å². The Balaban J connectivity index is 1.84. The van der Waals surface area contributed by atoms with Crippen LogP contribution in [0, 0.1) is 17.0 Å². The number of allylic oxidation sites excluding steroid dienone is 1. The number of nitrogens with zero attached hydrogens (tertiary/aromatic N) is 1. The molecule has 7 nitrogen and oxygen atoms in total. The van der Waals surface area contributed by atoms with Crippen LogP contribution in [0.3, 0.4) is 0 Å². The van der Waals surface area contributed by atoms with Gasteiger partial charge in [-0.25, -0.2) is 4.79 Å². The molecule has 26 heavy (non-hydrogen) atoms. The zero-order chi connectivity index (χ0) is 18.4. The topological polar surface area (TPSA) is 99.7 Å². The summed E-state index contributed by atoms with van der Waals surface area (Å²) < 4.78 is 10.8. The predicted octanol–water partition coefficient (Wildman–Crippen LogP) is 3.63. The number of carbonyl (C=O) groups is 1. The number of benzene rings is 2. The quantitative estimate of drug-likeness (QED) is 0.303. The molecule has 1 aliphatic heterocycles. The van der Waals surface area contributed by atoms with E-state index in [1.807, 2.05) is 0 Å². The second-order valence-electron chi connectivity index (χ2n) is 5.86. The van der Waals surface area contributed by atoms with Gasteiger partial charge < -0.3 is 9.15 Å². The van der Waals surface area contributed by atoms with Crippen molar-refractivity contribution in [3.05, 3.63) is 85.4 Å². The number of nitro groups is 1. The van der Waals surface area contributed by atoms with Crippen molar-refractivity contribution >= 4 is 28.5 Å². The van der Waals surface area contributed by atoms with Crippen LogP contribution in [0.25, 0.3) is 17.0 Å². The van der Waals surface area contributed by atoms with E-state index in [0.717, 1.165) is 0 Å². The normalized spacial score (nSPS) is 14.5. The van der Waals surface area contributed by atoms with Crippen molar-refractivity contribution in [3.8, 4) is 5.75 Å². The minimum atomic E-state index is -0.549. The molecule has 0 N–H and O–H groups in total. The molecule has 7 heteroatoms. The highest BCUT2D eigenvalue weighted by Crippen LogP contribution is 2.37. The fourth-order valence-electron chi connectivity index (χ4n) is 2.93. The largest absolute Gasteiger partial charge is 0.452 e. The van der Waals surface area contributed by atoms with Crippen LogP contribution in [0.1, 0.15) is 21.5 Å². The van der Waals surface area contributed by atoms with Gasteiger partial charge >= 0.3 is 5.63 Å². The van der Waals surface area contributed by atoms with Gasteiger partial charge in [0.1, 0.15) is 11.3 Å². The number of fused-ring (bicyclic) bond motifs is 3. The number of ether oxygens (including phenoxy) is 1. The maximum absolute atomic E-state index is 12.8. The second-order valence-corrected chi connectivity index (χ2v) is 5.86. The number of non-ortho nitro benzene ring substituents is 1. The number of carbonyl (C=O) groups excluding carboxylic acids is 1. The zero-order valence-electron chi connectivity index (χ0n) is 13.5. The van der Waals surface area contributed by atoms with Crippen LogP contribution in [0.15, 0.2) is 57.4 Å². The Morgan fingerprint density at radius 2 is 1.92 bits per heavy atom. The molecule has 2 aromatic carbocycles. The highest BCUT2D eigenvalue weighted by Gasteiger charge is 2.31. The fraction of sp³-hybridized carbons (Fsp3) is 0.0526.